The molecule has 1 aliphatic heterocycles. The molecular weight excluding hydrogens is 374 g/mol. The van der Waals surface area contributed by atoms with Crippen LogP contribution in [0.25, 0.3) is 0 Å². The number of benzene rings is 1. The normalized spacial score (nSPS) is 20.0. The van der Waals surface area contributed by atoms with Crippen molar-refractivity contribution in [3.8, 4) is 0 Å². The van der Waals surface area contributed by atoms with Gasteiger partial charge in [0.15, 0.2) is 0 Å². The zero-order valence-electron chi connectivity index (χ0n) is 18.4. The van der Waals surface area contributed by atoms with E-state index in [0.717, 1.165) is 32.4 Å². The molecule has 2 aliphatic rings. The number of piperidine rings is 1. The number of carbonyl (C=O) groups is 1. The van der Waals surface area contributed by atoms with Crippen molar-refractivity contribution in [2.45, 2.75) is 77.1 Å². The lowest BCUT2D eigenvalue weighted by molar-refractivity contribution is 0.0576. The molecule has 5 nitrogen and oxygen atoms in total. The van der Waals surface area contributed by atoms with E-state index in [1.54, 1.807) is 4.90 Å². The lowest BCUT2D eigenvalue weighted by Gasteiger charge is -2.36. The van der Waals surface area contributed by atoms with E-state index in [-0.39, 0.29) is 12.1 Å². The fourth-order valence-corrected chi connectivity index (χ4v) is 4.19. The van der Waals surface area contributed by atoms with Crippen molar-refractivity contribution in [3.05, 3.63) is 59.8 Å². The Kier molecular flexibility index (Phi) is 6.09. The molecule has 0 bridgehead atoms. The monoisotopic (exact) mass is 407 g/mol. The Morgan fingerprint density at radius 2 is 1.87 bits per heavy atom. The number of aromatic nitrogens is 1. The van der Waals surface area contributed by atoms with Crippen molar-refractivity contribution < 1.29 is 9.53 Å². The average Bonchev–Trinajstić information content (AvgIpc) is 3.54. The Hall–Kier alpha value is -2.40. The summed E-state index contributed by atoms with van der Waals surface area (Å²) in [5, 5.41) is 0. The van der Waals surface area contributed by atoms with Crippen LogP contribution in [0.4, 0.5) is 10.6 Å². The van der Waals surface area contributed by atoms with Crippen LogP contribution in [0.15, 0.2) is 48.7 Å². The van der Waals surface area contributed by atoms with Gasteiger partial charge in [0.25, 0.3) is 0 Å². The Balaban J connectivity index is 1.50. The lowest BCUT2D eigenvalue weighted by atomic mass is 9.95. The fourth-order valence-electron chi connectivity index (χ4n) is 4.19. The zero-order chi connectivity index (χ0) is 21.1. The molecule has 30 heavy (non-hydrogen) atoms. The maximum Gasteiger partial charge on any atom is 0.416 e. The second-order valence-corrected chi connectivity index (χ2v) is 9.50. The number of carbonyl (C=O) groups excluding carboxylic acids is 1. The Morgan fingerprint density at radius 1 is 1.10 bits per heavy atom. The van der Waals surface area contributed by atoms with Gasteiger partial charge in [0.1, 0.15) is 11.4 Å². The molecule has 0 radical (unpaired) electrons. The maximum absolute atomic E-state index is 12.7. The lowest BCUT2D eigenvalue weighted by Crippen LogP contribution is -2.39. The number of ether oxygens (including phenoxy) is 1. The number of rotatable bonds is 5. The van der Waals surface area contributed by atoms with Crippen LogP contribution in [0.1, 0.15) is 70.0 Å². The molecule has 1 saturated heterocycles. The Morgan fingerprint density at radius 3 is 2.50 bits per heavy atom. The van der Waals surface area contributed by atoms with Gasteiger partial charge in [0, 0.05) is 24.8 Å². The summed E-state index contributed by atoms with van der Waals surface area (Å²) in [5.41, 5.74) is 2.07. The smallest absolute Gasteiger partial charge is 0.416 e. The van der Waals surface area contributed by atoms with Gasteiger partial charge in [-0.3, -0.25) is 9.80 Å². The first kappa shape index (κ1) is 20.9. The number of nitrogens with zero attached hydrogens (tertiary/aromatic N) is 3. The molecule has 1 aromatic carbocycles. The van der Waals surface area contributed by atoms with E-state index < -0.39 is 5.60 Å². The van der Waals surface area contributed by atoms with Gasteiger partial charge in [-0.2, -0.15) is 0 Å². The van der Waals surface area contributed by atoms with Crippen LogP contribution in [0.3, 0.4) is 0 Å². The Labute approximate surface area is 180 Å². The van der Waals surface area contributed by atoms with E-state index in [9.17, 15) is 4.79 Å². The molecule has 0 spiro atoms. The van der Waals surface area contributed by atoms with Crippen LogP contribution in [-0.4, -0.2) is 34.2 Å². The largest absolute Gasteiger partial charge is 0.443 e. The first-order valence-electron chi connectivity index (χ1n) is 11.2. The van der Waals surface area contributed by atoms with Crippen molar-refractivity contribution in [1.29, 1.82) is 0 Å². The van der Waals surface area contributed by atoms with Crippen molar-refractivity contribution in [3.63, 3.8) is 0 Å². The molecule has 2 fully saturated rings. The minimum absolute atomic E-state index is 0.211. The summed E-state index contributed by atoms with van der Waals surface area (Å²) in [6.07, 6.45) is 7.31. The molecule has 1 amide bonds. The first-order chi connectivity index (χ1) is 14.4. The zero-order valence-corrected chi connectivity index (χ0v) is 18.4. The molecule has 1 aromatic heterocycles. The number of hydrogen-bond donors (Lipinski definition) is 0. The molecular formula is C25H33N3O2. The third kappa shape index (κ3) is 5.20. The molecule has 1 aliphatic carbocycles. The second kappa shape index (κ2) is 8.76. The molecule has 4 rings (SSSR count). The van der Waals surface area contributed by atoms with Crippen molar-refractivity contribution in [1.82, 2.24) is 9.88 Å². The van der Waals surface area contributed by atoms with Gasteiger partial charge in [-0.15, -0.1) is 0 Å². The van der Waals surface area contributed by atoms with E-state index in [1.165, 1.54) is 24.0 Å². The second-order valence-electron chi connectivity index (χ2n) is 9.50. The predicted molar refractivity (Wildman–Crippen MR) is 119 cm³/mol. The molecule has 2 heterocycles. The van der Waals surface area contributed by atoms with Gasteiger partial charge in [0.2, 0.25) is 0 Å². The third-order valence-corrected chi connectivity index (χ3v) is 5.75. The van der Waals surface area contributed by atoms with Crippen molar-refractivity contribution >= 4 is 11.9 Å². The fraction of sp³-hybridized carbons (Fsp3) is 0.520. The topological polar surface area (TPSA) is 45.7 Å². The van der Waals surface area contributed by atoms with Crippen LogP contribution in [0, 0.1) is 0 Å². The van der Waals surface area contributed by atoms with Gasteiger partial charge in [-0.1, -0.05) is 42.8 Å². The van der Waals surface area contributed by atoms with E-state index in [2.05, 4.69) is 41.3 Å². The van der Waals surface area contributed by atoms with Gasteiger partial charge < -0.3 is 4.74 Å². The van der Waals surface area contributed by atoms with Gasteiger partial charge in [-0.05, 0) is 70.2 Å². The van der Waals surface area contributed by atoms with Crippen molar-refractivity contribution in [2.24, 2.45) is 0 Å². The highest BCUT2D eigenvalue weighted by atomic mass is 16.6. The minimum Gasteiger partial charge on any atom is -0.443 e. The van der Waals surface area contributed by atoms with Crippen LogP contribution >= 0.6 is 0 Å². The summed E-state index contributed by atoms with van der Waals surface area (Å²) < 4.78 is 5.62. The van der Waals surface area contributed by atoms with Crippen molar-refractivity contribution in [2.75, 3.05) is 11.4 Å². The minimum atomic E-state index is -0.510. The van der Waals surface area contributed by atoms with Gasteiger partial charge >= 0.3 is 6.09 Å². The van der Waals surface area contributed by atoms with Gasteiger partial charge in [0.05, 0.1) is 0 Å². The molecule has 2 aromatic rings. The van der Waals surface area contributed by atoms with Crippen LogP contribution in [-0.2, 0) is 11.3 Å². The van der Waals surface area contributed by atoms with Crippen LogP contribution in [0.2, 0.25) is 0 Å². The van der Waals surface area contributed by atoms with Crippen LogP contribution < -0.4 is 4.90 Å². The van der Waals surface area contributed by atoms with E-state index >= 15 is 0 Å². The molecule has 5 heteroatoms. The SMILES string of the molecule is CC(C)(C)OC(=O)N(c1ccc([C@H]2CCCCN2Cc2ccccc2)cn1)C1CC1. The van der Waals surface area contributed by atoms with E-state index in [1.807, 2.05) is 33.0 Å². The number of hydrogen-bond acceptors (Lipinski definition) is 4. The summed E-state index contributed by atoms with van der Waals surface area (Å²) in [4.78, 5) is 21.7. The highest BCUT2D eigenvalue weighted by molar-refractivity contribution is 5.88. The molecule has 1 atom stereocenters. The van der Waals surface area contributed by atoms with Gasteiger partial charge in [-0.25, -0.2) is 9.78 Å². The average molecular weight is 408 g/mol. The van der Waals surface area contributed by atoms with E-state index in [0.29, 0.717) is 11.9 Å². The predicted octanol–water partition coefficient (Wildman–Crippen LogP) is 5.71. The summed E-state index contributed by atoms with van der Waals surface area (Å²) in [5.74, 6) is 0.695. The number of pyridine rings is 1. The molecule has 160 valence electrons. The summed E-state index contributed by atoms with van der Waals surface area (Å²) in [6, 6.07) is 15.4. The highest BCUT2D eigenvalue weighted by Crippen LogP contribution is 2.35. The first-order valence-corrected chi connectivity index (χ1v) is 11.2. The number of amides is 1. The van der Waals surface area contributed by atoms with Crippen LogP contribution in [0.5, 0.6) is 0 Å². The third-order valence-electron chi connectivity index (χ3n) is 5.75. The standard InChI is InChI=1S/C25H33N3O2/c1-25(2,3)30-24(29)28(21-13-14-21)23-15-12-20(17-26-23)22-11-7-8-16-27(22)18-19-9-5-4-6-10-19/h4-6,9-10,12,15,17,21-22H,7-8,11,13-14,16,18H2,1-3H3/t22-/m1/s1. The number of likely N-dealkylation sites (tertiary alicyclic amines) is 1. The molecule has 1 saturated carbocycles. The summed E-state index contributed by atoms with van der Waals surface area (Å²) >= 11 is 0. The number of anilines is 1. The Bertz CT molecular complexity index is 841. The molecule has 0 unspecified atom stereocenters. The summed E-state index contributed by atoms with van der Waals surface area (Å²) in [7, 11) is 0. The highest BCUT2D eigenvalue weighted by Gasteiger charge is 2.37. The molecule has 0 N–H and O–H groups in total. The van der Waals surface area contributed by atoms with E-state index in [4.69, 9.17) is 9.72 Å². The quantitative estimate of drug-likeness (QED) is 0.637. The maximum atomic E-state index is 12.7. The summed E-state index contributed by atoms with van der Waals surface area (Å²) in [6.45, 7) is 7.76.